The lowest BCUT2D eigenvalue weighted by Gasteiger charge is -2.34. The second-order valence-corrected chi connectivity index (χ2v) is 8.46. The highest BCUT2D eigenvalue weighted by Crippen LogP contribution is 2.26. The Morgan fingerprint density at radius 2 is 1.85 bits per heavy atom. The predicted octanol–water partition coefficient (Wildman–Crippen LogP) is 2.90. The van der Waals surface area contributed by atoms with Gasteiger partial charge in [-0.1, -0.05) is 39.8 Å². The van der Waals surface area contributed by atoms with Crippen LogP contribution in [0.3, 0.4) is 0 Å². The van der Waals surface area contributed by atoms with E-state index in [1.807, 2.05) is 25.1 Å². The van der Waals surface area contributed by atoms with Crippen LogP contribution >= 0.6 is 0 Å². The zero-order valence-corrected chi connectivity index (χ0v) is 17.8. The van der Waals surface area contributed by atoms with E-state index < -0.39 is 6.10 Å². The quantitative estimate of drug-likeness (QED) is 0.710. The second kappa shape index (κ2) is 10.1. The topological polar surface area (TPSA) is 44.8 Å². The highest BCUT2D eigenvalue weighted by atomic mass is 16.5. The third-order valence-electron chi connectivity index (χ3n) is 5.24. The molecule has 1 amide bonds. The van der Waals surface area contributed by atoms with Crippen LogP contribution in [0.15, 0.2) is 24.3 Å². The molecule has 0 spiro atoms. The van der Waals surface area contributed by atoms with Crippen LogP contribution in [0.4, 0.5) is 0 Å². The van der Waals surface area contributed by atoms with Crippen LogP contribution in [0.1, 0.15) is 46.6 Å². The van der Waals surface area contributed by atoms with E-state index in [-0.39, 0.29) is 11.3 Å². The number of piperazine rings is 1. The normalized spacial score (nSPS) is 17.5. The molecule has 27 heavy (non-hydrogen) atoms. The zero-order chi connectivity index (χ0) is 19.9. The lowest BCUT2D eigenvalue weighted by molar-refractivity contribution is -0.127. The highest BCUT2D eigenvalue weighted by molar-refractivity contribution is 5.80. The Hall–Kier alpha value is -1.59. The van der Waals surface area contributed by atoms with Crippen LogP contribution in [-0.2, 0) is 10.2 Å². The monoisotopic (exact) mass is 375 g/mol. The standard InChI is InChI=1S/C22H37N3O2/c1-6-24-13-15-25(16-14-24)12-8-11-23-21(26)18(2)27-20-10-7-9-19(17-20)22(3,4)5/h7,9-10,17-18H,6,8,11-16H2,1-5H3,(H,23,26). The molecule has 152 valence electrons. The molecule has 1 aliphatic rings. The van der Waals surface area contributed by atoms with Crippen LogP contribution in [-0.4, -0.2) is 67.6 Å². The maximum absolute atomic E-state index is 12.3. The largest absolute Gasteiger partial charge is 0.481 e. The minimum Gasteiger partial charge on any atom is -0.481 e. The van der Waals surface area contributed by atoms with Crippen molar-refractivity contribution in [2.75, 3.05) is 45.8 Å². The van der Waals surface area contributed by atoms with Crippen molar-refractivity contribution < 1.29 is 9.53 Å². The minimum absolute atomic E-state index is 0.0491. The first-order valence-corrected chi connectivity index (χ1v) is 10.3. The number of hydrogen-bond acceptors (Lipinski definition) is 4. The van der Waals surface area contributed by atoms with E-state index in [2.05, 4.69) is 48.9 Å². The number of amides is 1. The summed E-state index contributed by atoms with van der Waals surface area (Å²) in [5.74, 6) is 0.700. The van der Waals surface area contributed by atoms with Crippen LogP contribution < -0.4 is 10.1 Å². The average Bonchev–Trinajstić information content (AvgIpc) is 2.65. The number of rotatable bonds is 8. The van der Waals surface area contributed by atoms with Gasteiger partial charge >= 0.3 is 0 Å². The van der Waals surface area contributed by atoms with Crippen LogP contribution in [0.5, 0.6) is 5.75 Å². The highest BCUT2D eigenvalue weighted by Gasteiger charge is 2.18. The molecule has 0 radical (unpaired) electrons. The third kappa shape index (κ3) is 7.15. The van der Waals surface area contributed by atoms with Crippen molar-refractivity contribution in [1.82, 2.24) is 15.1 Å². The Balaban J connectivity index is 1.69. The number of likely N-dealkylation sites (N-methyl/N-ethyl adjacent to an activating group) is 1. The van der Waals surface area contributed by atoms with Gasteiger partial charge in [0.15, 0.2) is 6.10 Å². The van der Waals surface area contributed by atoms with Crippen molar-refractivity contribution in [2.24, 2.45) is 0 Å². The van der Waals surface area contributed by atoms with Gasteiger partial charge in [0.1, 0.15) is 5.75 Å². The fourth-order valence-corrected chi connectivity index (χ4v) is 3.28. The lowest BCUT2D eigenvalue weighted by atomic mass is 9.87. The maximum Gasteiger partial charge on any atom is 0.260 e. The molecule has 1 aliphatic heterocycles. The van der Waals surface area contributed by atoms with Gasteiger partial charge in [-0.2, -0.15) is 0 Å². The average molecular weight is 376 g/mol. The molecule has 0 bridgehead atoms. The van der Waals surface area contributed by atoms with Gasteiger partial charge in [0.25, 0.3) is 5.91 Å². The summed E-state index contributed by atoms with van der Waals surface area (Å²) in [5.41, 5.74) is 1.27. The van der Waals surface area contributed by atoms with Crippen LogP contribution in [0.25, 0.3) is 0 Å². The molecule has 1 aromatic rings. The molecular formula is C22H37N3O2. The first-order valence-electron chi connectivity index (χ1n) is 10.3. The van der Waals surface area contributed by atoms with E-state index in [1.165, 1.54) is 5.56 Å². The Kier molecular flexibility index (Phi) is 8.11. The molecule has 0 aliphatic carbocycles. The van der Waals surface area contributed by atoms with E-state index in [0.29, 0.717) is 6.54 Å². The molecule has 1 N–H and O–H groups in total. The predicted molar refractivity (Wildman–Crippen MR) is 111 cm³/mol. The summed E-state index contributed by atoms with van der Waals surface area (Å²) < 4.78 is 5.86. The molecule has 1 heterocycles. The molecule has 0 saturated carbocycles. The molecule has 1 fully saturated rings. The van der Waals surface area contributed by atoms with Gasteiger partial charge in [-0.05, 0) is 49.5 Å². The van der Waals surface area contributed by atoms with Crippen molar-refractivity contribution in [1.29, 1.82) is 0 Å². The summed E-state index contributed by atoms with van der Waals surface area (Å²) in [6.07, 6.45) is 0.484. The number of ether oxygens (including phenoxy) is 1. The summed E-state index contributed by atoms with van der Waals surface area (Å²) in [6.45, 7) is 18.0. The summed E-state index contributed by atoms with van der Waals surface area (Å²) in [7, 11) is 0. The first-order chi connectivity index (χ1) is 12.8. The summed E-state index contributed by atoms with van der Waals surface area (Å²) in [5, 5.41) is 3.01. The first kappa shape index (κ1) is 21.7. The third-order valence-corrected chi connectivity index (χ3v) is 5.24. The number of hydrogen-bond donors (Lipinski definition) is 1. The van der Waals surface area contributed by atoms with Crippen molar-refractivity contribution in [3.8, 4) is 5.75 Å². The van der Waals surface area contributed by atoms with Crippen molar-refractivity contribution in [3.63, 3.8) is 0 Å². The smallest absolute Gasteiger partial charge is 0.260 e. The Morgan fingerprint density at radius 1 is 1.19 bits per heavy atom. The minimum atomic E-state index is -0.492. The Bertz CT molecular complexity index is 589. The maximum atomic E-state index is 12.3. The summed E-state index contributed by atoms with van der Waals surface area (Å²) >= 11 is 0. The summed E-state index contributed by atoms with van der Waals surface area (Å²) in [6, 6.07) is 8.02. The number of nitrogens with zero attached hydrogens (tertiary/aromatic N) is 2. The van der Waals surface area contributed by atoms with E-state index in [0.717, 1.165) is 51.4 Å². The molecule has 1 atom stereocenters. The molecule has 1 saturated heterocycles. The van der Waals surface area contributed by atoms with Gasteiger partial charge in [-0.25, -0.2) is 0 Å². The molecule has 5 nitrogen and oxygen atoms in total. The van der Waals surface area contributed by atoms with Gasteiger partial charge < -0.3 is 19.9 Å². The van der Waals surface area contributed by atoms with E-state index in [4.69, 9.17) is 4.74 Å². The SMILES string of the molecule is CCN1CCN(CCCNC(=O)C(C)Oc2cccc(C(C)(C)C)c2)CC1. The van der Waals surface area contributed by atoms with E-state index in [1.54, 1.807) is 0 Å². The number of carbonyl (C=O) groups excluding carboxylic acids is 1. The van der Waals surface area contributed by atoms with Gasteiger partial charge in [0, 0.05) is 32.7 Å². The Morgan fingerprint density at radius 3 is 2.48 bits per heavy atom. The van der Waals surface area contributed by atoms with E-state index in [9.17, 15) is 4.79 Å². The van der Waals surface area contributed by atoms with Crippen molar-refractivity contribution in [2.45, 2.75) is 52.6 Å². The van der Waals surface area contributed by atoms with E-state index >= 15 is 0 Å². The molecule has 5 heteroatoms. The van der Waals surface area contributed by atoms with Gasteiger partial charge in [-0.3, -0.25) is 4.79 Å². The van der Waals surface area contributed by atoms with Crippen LogP contribution in [0, 0.1) is 0 Å². The molecule has 2 rings (SSSR count). The summed E-state index contributed by atoms with van der Waals surface area (Å²) in [4.78, 5) is 17.3. The number of carbonyl (C=O) groups is 1. The lowest BCUT2D eigenvalue weighted by Crippen LogP contribution is -2.46. The zero-order valence-electron chi connectivity index (χ0n) is 17.8. The number of benzene rings is 1. The number of nitrogens with one attached hydrogen (secondary N) is 1. The molecule has 1 unspecified atom stereocenters. The second-order valence-electron chi connectivity index (χ2n) is 8.46. The molecule has 0 aromatic heterocycles. The van der Waals surface area contributed by atoms with Crippen LogP contribution in [0.2, 0.25) is 0 Å². The van der Waals surface area contributed by atoms with Gasteiger partial charge in [0.05, 0.1) is 0 Å². The van der Waals surface area contributed by atoms with Gasteiger partial charge in [0.2, 0.25) is 0 Å². The van der Waals surface area contributed by atoms with Crippen molar-refractivity contribution in [3.05, 3.63) is 29.8 Å². The molecular weight excluding hydrogens is 338 g/mol. The fraction of sp³-hybridized carbons (Fsp3) is 0.682. The Labute approximate surface area is 165 Å². The molecule has 1 aromatic carbocycles. The fourth-order valence-electron chi connectivity index (χ4n) is 3.28. The van der Waals surface area contributed by atoms with Crippen molar-refractivity contribution >= 4 is 5.91 Å². The van der Waals surface area contributed by atoms with Gasteiger partial charge in [-0.15, -0.1) is 0 Å².